The lowest BCUT2D eigenvalue weighted by atomic mass is 9.74. The van der Waals surface area contributed by atoms with Gasteiger partial charge in [-0.3, -0.25) is 4.79 Å². The van der Waals surface area contributed by atoms with E-state index in [1.807, 2.05) is 48.5 Å². The number of ether oxygens (including phenoxy) is 1. The number of carbonyl (C=O) groups excluding carboxylic acids is 1. The maximum absolute atomic E-state index is 12.9. The number of hydrogen-bond acceptors (Lipinski definition) is 5. The molecule has 2 aliphatic rings. The van der Waals surface area contributed by atoms with E-state index in [1.54, 1.807) is 12.1 Å². The van der Waals surface area contributed by atoms with Crippen LogP contribution in [-0.4, -0.2) is 58.9 Å². The predicted octanol–water partition coefficient (Wildman–Crippen LogP) is 6.08. The molecule has 10 heteroatoms. The van der Waals surface area contributed by atoms with Crippen molar-refractivity contribution >= 4 is 17.6 Å². The minimum Gasteiger partial charge on any atom is -0.508 e. The summed E-state index contributed by atoms with van der Waals surface area (Å²) in [6.07, 6.45) is -2.93. The molecule has 3 aromatic carbocycles. The highest BCUT2D eigenvalue weighted by molar-refractivity contribution is 6.04. The van der Waals surface area contributed by atoms with E-state index >= 15 is 0 Å². The van der Waals surface area contributed by atoms with Crippen LogP contribution in [0, 0.1) is 0 Å². The number of phenolic OH excluding ortho intramolecular Hbond substituents is 1. The van der Waals surface area contributed by atoms with Crippen molar-refractivity contribution in [2.75, 3.05) is 25.0 Å². The van der Waals surface area contributed by atoms with Crippen LogP contribution in [0.5, 0.6) is 11.5 Å². The summed E-state index contributed by atoms with van der Waals surface area (Å²) < 4.78 is 37.8. The maximum Gasteiger partial charge on any atom is 0.490 e. The Labute approximate surface area is 230 Å². The molecule has 0 atom stereocenters. The van der Waals surface area contributed by atoms with Gasteiger partial charge in [-0.25, -0.2) is 4.79 Å². The minimum absolute atomic E-state index is 0.0488. The van der Waals surface area contributed by atoms with Gasteiger partial charge in [0.15, 0.2) is 0 Å². The smallest absolute Gasteiger partial charge is 0.490 e. The summed E-state index contributed by atoms with van der Waals surface area (Å²) in [5.41, 5.74) is 4.67. The van der Waals surface area contributed by atoms with Gasteiger partial charge in [0.2, 0.25) is 0 Å². The first-order valence-electron chi connectivity index (χ1n) is 12.9. The standard InChI is InChI=1S/C28H30N2O3.C2HF3O2/c1-19(2)30-15-13-28(14-16-30)18-33-26-12-9-23(17-25(26)28)29-27(32)22-5-3-20(4-6-22)21-7-10-24(31)11-8-21;3-2(4,5)1(6)7/h3-12,17,19,31H,13-16,18H2,1-2H3,(H,29,32);(H,6,7). The number of carboxylic acid groups (broad SMARTS) is 1. The number of carbonyl (C=O) groups is 2. The average molecular weight is 557 g/mol. The second kappa shape index (κ2) is 11.6. The van der Waals surface area contributed by atoms with Crippen molar-refractivity contribution in [1.82, 2.24) is 4.90 Å². The molecular formula is C30H31F3N2O5. The van der Waals surface area contributed by atoms with Crippen LogP contribution in [0.1, 0.15) is 42.6 Å². The molecule has 5 rings (SSSR count). The number of fused-ring (bicyclic) bond motifs is 2. The van der Waals surface area contributed by atoms with Gasteiger partial charge in [-0.1, -0.05) is 24.3 Å². The van der Waals surface area contributed by atoms with E-state index in [1.165, 1.54) is 5.56 Å². The van der Waals surface area contributed by atoms with Crippen molar-refractivity contribution in [2.45, 2.75) is 44.3 Å². The number of aliphatic carboxylic acids is 1. The molecule has 0 aliphatic carbocycles. The van der Waals surface area contributed by atoms with E-state index in [0.717, 1.165) is 55.1 Å². The van der Waals surface area contributed by atoms with Gasteiger partial charge in [0.1, 0.15) is 11.5 Å². The number of anilines is 1. The largest absolute Gasteiger partial charge is 0.508 e. The zero-order valence-corrected chi connectivity index (χ0v) is 22.2. The third kappa shape index (κ3) is 6.56. The Balaban J connectivity index is 0.000000470. The molecule has 1 saturated heterocycles. The summed E-state index contributed by atoms with van der Waals surface area (Å²) in [7, 11) is 0. The number of aromatic hydroxyl groups is 1. The first-order valence-corrected chi connectivity index (χ1v) is 12.9. The zero-order chi connectivity index (χ0) is 29.1. The highest BCUT2D eigenvalue weighted by Crippen LogP contribution is 2.46. The van der Waals surface area contributed by atoms with Crippen LogP contribution in [0.25, 0.3) is 11.1 Å². The number of phenols is 1. The molecule has 0 unspecified atom stereocenters. The second-order valence-corrected chi connectivity index (χ2v) is 10.3. The van der Waals surface area contributed by atoms with Gasteiger partial charge in [0.05, 0.1) is 6.61 Å². The molecule has 0 bridgehead atoms. The number of nitrogens with zero attached hydrogens (tertiary/aromatic N) is 1. The van der Waals surface area contributed by atoms with Gasteiger partial charge in [-0.05, 0) is 93.4 Å². The van der Waals surface area contributed by atoms with Crippen molar-refractivity contribution in [3.63, 3.8) is 0 Å². The first kappa shape index (κ1) is 28.9. The van der Waals surface area contributed by atoms with Crippen LogP contribution < -0.4 is 10.1 Å². The number of amides is 1. The Kier molecular flexibility index (Phi) is 8.39. The number of hydrogen-bond donors (Lipinski definition) is 3. The third-order valence-corrected chi connectivity index (χ3v) is 7.39. The SMILES string of the molecule is CC(C)N1CCC2(CC1)COc1ccc(NC(=O)c3ccc(-c4ccc(O)cc4)cc3)cc12.O=C(O)C(F)(F)F. The molecule has 2 aliphatic heterocycles. The molecule has 3 aromatic rings. The third-order valence-electron chi connectivity index (χ3n) is 7.39. The molecular weight excluding hydrogens is 525 g/mol. The lowest BCUT2D eigenvalue weighted by molar-refractivity contribution is -0.192. The predicted molar refractivity (Wildman–Crippen MR) is 145 cm³/mol. The van der Waals surface area contributed by atoms with Crippen molar-refractivity contribution in [3.8, 4) is 22.6 Å². The number of benzene rings is 3. The summed E-state index contributed by atoms with van der Waals surface area (Å²) in [5.74, 6) is -1.70. The Morgan fingerprint density at radius 3 is 2.02 bits per heavy atom. The van der Waals surface area contributed by atoms with Crippen molar-refractivity contribution in [2.24, 2.45) is 0 Å². The Bertz CT molecular complexity index is 1350. The van der Waals surface area contributed by atoms with Crippen LogP contribution in [0.15, 0.2) is 66.7 Å². The summed E-state index contributed by atoms with van der Waals surface area (Å²) in [4.78, 5) is 24.3. The van der Waals surface area contributed by atoms with Crippen LogP contribution in [0.4, 0.5) is 18.9 Å². The molecule has 0 aromatic heterocycles. The quantitative estimate of drug-likeness (QED) is 0.360. The van der Waals surface area contributed by atoms with E-state index in [0.29, 0.717) is 11.6 Å². The first-order chi connectivity index (χ1) is 18.9. The fourth-order valence-corrected chi connectivity index (χ4v) is 5.00. The monoisotopic (exact) mass is 556 g/mol. The molecule has 7 nitrogen and oxygen atoms in total. The van der Waals surface area contributed by atoms with Crippen LogP contribution in [-0.2, 0) is 10.2 Å². The highest BCUT2D eigenvalue weighted by atomic mass is 19.4. The van der Waals surface area contributed by atoms with E-state index in [9.17, 15) is 23.1 Å². The van der Waals surface area contributed by atoms with Gasteiger partial charge < -0.3 is 25.2 Å². The topological polar surface area (TPSA) is 99.1 Å². The normalized spacial score (nSPS) is 16.1. The van der Waals surface area contributed by atoms with Crippen LogP contribution in [0.3, 0.4) is 0 Å². The lowest BCUT2D eigenvalue weighted by Gasteiger charge is -2.40. The minimum atomic E-state index is -5.08. The molecule has 0 saturated carbocycles. The highest BCUT2D eigenvalue weighted by Gasteiger charge is 2.43. The molecule has 40 heavy (non-hydrogen) atoms. The number of alkyl halides is 3. The lowest BCUT2D eigenvalue weighted by Crippen LogP contribution is -2.46. The van der Waals surface area contributed by atoms with Crippen LogP contribution >= 0.6 is 0 Å². The summed E-state index contributed by atoms with van der Waals surface area (Å²) in [6.45, 7) is 7.38. The van der Waals surface area contributed by atoms with Crippen molar-refractivity contribution in [3.05, 3.63) is 77.9 Å². The van der Waals surface area contributed by atoms with E-state index < -0.39 is 12.1 Å². The molecule has 2 heterocycles. The molecule has 3 N–H and O–H groups in total. The van der Waals surface area contributed by atoms with Gasteiger partial charge in [-0.15, -0.1) is 0 Å². The molecule has 1 fully saturated rings. The number of halogens is 3. The van der Waals surface area contributed by atoms with Gasteiger partial charge in [0.25, 0.3) is 5.91 Å². The Hall–Kier alpha value is -4.05. The summed E-state index contributed by atoms with van der Waals surface area (Å²) in [5, 5.41) is 19.7. The van der Waals surface area contributed by atoms with Gasteiger partial charge in [0, 0.05) is 28.3 Å². The van der Waals surface area contributed by atoms with E-state index in [4.69, 9.17) is 14.6 Å². The molecule has 1 spiro atoms. The van der Waals surface area contributed by atoms with Crippen molar-refractivity contribution < 1.29 is 37.7 Å². The summed E-state index contributed by atoms with van der Waals surface area (Å²) >= 11 is 0. The van der Waals surface area contributed by atoms with Gasteiger partial charge >= 0.3 is 12.1 Å². The Morgan fingerprint density at radius 2 is 1.50 bits per heavy atom. The maximum atomic E-state index is 12.9. The van der Waals surface area contributed by atoms with Crippen molar-refractivity contribution in [1.29, 1.82) is 0 Å². The van der Waals surface area contributed by atoms with Gasteiger partial charge in [-0.2, -0.15) is 13.2 Å². The molecule has 212 valence electrons. The molecule has 1 amide bonds. The van der Waals surface area contributed by atoms with E-state index in [2.05, 4.69) is 30.1 Å². The number of carboxylic acids is 1. The second-order valence-electron chi connectivity index (χ2n) is 10.3. The number of likely N-dealkylation sites (tertiary alicyclic amines) is 1. The Morgan fingerprint density at radius 1 is 0.950 bits per heavy atom. The average Bonchev–Trinajstić information content (AvgIpc) is 3.26. The van der Waals surface area contributed by atoms with Crippen LogP contribution in [0.2, 0.25) is 0 Å². The number of piperidine rings is 1. The fourth-order valence-electron chi connectivity index (χ4n) is 5.00. The van der Waals surface area contributed by atoms with E-state index in [-0.39, 0.29) is 17.1 Å². The number of nitrogens with one attached hydrogen (secondary N) is 1. The number of rotatable bonds is 4. The summed E-state index contributed by atoms with van der Waals surface area (Å²) in [6, 6.07) is 21.1. The molecule has 0 radical (unpaired) electrons. The zero-order valence-electron chi connectivity index (χ0n) is 22.2. The fraction of sp³-hybridized carbons (Fsp3) is 0.333.